The Balaban J connectivity index is 2.04. The lowest BCUT2D eigenvalue weighted by Gasteiger charge is -2.16. The summed E-state index contributed by atoms with van der Waals surface area (Å²) in [7, 11) is 0. The molecule has 0 saturated heterocycles. The number of aryl methyl sites for hydroxylation is 1. The number of nitrogens with one attached hydrogen (secondary N) is 2. The lowest BCUT2D eigenvalue weighted by molar-refractivity contribution is -0.136. The SMILES string of the molecule is Cc1ccccc1C(C)NC(=O)C(=O)Nc1ccc(F)c(C#N)c1. The number of carbonyl (C=O) groups excluding carboxylic acids is 2. The van der Waals surface area contributed by atoms with Crippen LogP contribution in [0, 0.1) is 24.1 Å². The molecule has 5 nitrogen and oxygen atoms in total. The summed E-state index contributed by atoms with van der Waals surface area (Å²) < 4.78 is 13.2. The number of rotatable bonds is 3. The van der Waals surface area contributed by atoms with Crippen molar-refractivity contribution < 1.29 is 14.0 Å². The molecule has 6 heteroatoms. The second-order valence-corrected chi connectivity index (χ2v) is 5.31. The predicted octanol–water partition coefficient (Wildman–Crippen LogP) is 2.82. The number of nitrogens with zero attached hydrogens (tertiary/aromatic N) is 1. The highest BCUT2D eigenvalue weighted by Crippen LogP contribution is 2.17. The fourth-order valence-corrected chi connectivity index (χ4v) is 2.29. The molecular formula is C18H16FN3O2. The maximum Gasteiger partial charge on any atom is 0.313 e. The van der Waals surface area contributed by atoms with E-state index in [9.17, 15) is 14.0 Å². The molecule has 0 aromatic heterocycles. The minimum absolute atomic E-state index is 0.177. The van der Waals surface area contributed by atoms with Crippen molar-refractivity contribution in [2.24, 2.45) is 0 Å². The van der Waals surface area contributed by atoms with E-state index in [0.717, 1.165) is 17.2 Å². The second-order valence-electron chi connectivity index (χ2n) is 5.31. The van der Waals surface area contributed by atoms with Gasteiger partial charge in [-0.25, -0.2) is 4.39 Å². The summed E-state index contributed by atoms with van der Waals surface area (Å²) in [5.41, 5.74) is 1.88. The fourth-order valence-electron chi connectivity index (χ4n) is 2.29. The topological polar surface area (TPSA) is 82.0 Å². The van der Waals surface area contributed by atoms with Crippen LogP contribution < -0.4 is 10.6 Å². The van der Waals surface area contributed by atoms with E-state index in [2.05, 4.69) is 10.6 Å². The van der Waals surface area contributed by atoms with Crippen molar-refractivity contribution >= 4 is 17.5 Å². The molecule has 0 heterocycles. The van der Waals surface area contributed by atoms with Gasteiger partial charge in [0, 0.05) is 5.69 Å². The van der Waals surface area contributed by atoms with Crippen molar-refractivity contribution in [1.29, 1.82) is 5.26 Å². The van der Waals surface area contributed by atoms with Crippen molar-refractivity contribution in [3.63, 3.8) is 0 Å². The number of benzene rings is 2. The maximum atomic E-state index is 13.2. The minimum atomic E-state index is -0.883. The Morgan fingerprint density at radius 3 is 2.54 bits per heavy atom. The van der Waals surface area contributed by atoms with E-state index in [4.69, 9.17) is 5.26 Å². The molecule has 0 saturated carbocycles. The second kappa shape index (κ2) is 7.38. The van der Waals surface area contributed by atoms with Crippen LogP contribution in [-0.2, 0) is 9.59 Å². The van der Waals surface area contributed by atoms with Gasteiger partial charge >= 0.3 is 11.8 Å². The van der Waals surface area contributed by atoms with Crippen molar-refractivity contribution in [1.82, 2.24) is 5.32 Å². The van der Waals surface area contributed by atoms with Gasteiger partial charge in [-0.15, -0.1) is 0 Å². The van der Waals surface area contributed by atoms with Crippen LogP contribution in [0.5, 0.6) is 0 Å². The molecule has 2 amide bonds. The number of nitriles is 1. The molecule has 2 N–H and O–H groups in total. The summed E-state index contributed by atoms with van der Waals surface area (Å²) in [6.45, 7) is 3.69. The van der Waals surface area contributed by atoms with Crippen molar-refractivity contribution in [3.8, 4) is 6.07 Å². The number of halogens is 1. The first kappa shape index (κ1) is 17.2. The largest absolute Gasteiger partial charge is 0.341 e. The average Bonchev–Trinajstić information content (AvgIpc) is 2.56. The van der Waals surface area contributed by atoms with E-state index in [0.29, 0.717) is 0 Å². The molecule has 24 heavy (non-hydrogen) atoms. The summed E-state index contributed by atoms with van der Waals surface area (Å²) >= 11 is 0. The Kier molecular flexibility index (Phi) is 5.27. The Morgan fingerprint density at radius 2 is 1.88 bits per heavy atom. The summed E-state index contributed by atoms with van der Waals surface area (Å²) in [6.07, 6.45) is 0. The number of hydrogen-bond acceptors (Lipinski definition) is 3. The standard InChI is InChI=1S/C18H16FN3O2/c1-11-5-3-4-6-15(11)12(2)21-17(23)18(24)22-14-7-8-16(19)13(9-14)10-20/h3-9,12H,1-2H3,(H,21,23)(H,22,24). The summed E-state index contributed by atoms with van der Waals surface area (Å²) in [4.78, 5) is 24.0. The Labute approximate surface area is 139 Å². The number of carbonyl (C=O) groups is 2. The molecule has 2 aromatic rings. The van der Waals surface area contributed by atoms with Crippen LogP contribution in [0.25, 0.3) is 0 Å². The van der Waals surface area contributed by atoms with Gasteiger partial charge in [0.1, 0.15) is 11.9 Å². The first-order valence-electron chi connectivity index (χ1n) is 7.29. The third kappa shape index (κ3) is 3.96. The van der Waals surface area contributed by atoms with Gasteiger partial charge in [0.2, 0.25) is 0 Å². The highest BCUT2D eigenvalue weighted by molar-refractivity contribution is 6.39. The number of anilines is 1. The third-order valence-electron chi connectivity index (χ3n) is 3.55. The molecule has 0 radical (unpaired) electrons. The van der Waals surface area contributed by atoms with E-state index in [1.807, 2.05) is 31.2 Å². The van der Waals surface area contributed by atoms with Crippen LogP contribution in [0.3, 0.4) is 0 Å². The molecule has 0 fully saturated rings. The highest BCUT2D eigenvalue weighted by Gasteiger charge is 2.18. The molecule has 0 aliphatic carbocycles. The zero-order valence-electron chi connectivity index (χ0n) is 13.3. The average molecular weight is 325 g/mol. The third-order valence-corrected chi connectivity index (χ3v) is 3.55. The predicted molar refractivity (Wildman–Crippen MR) is 87.5 cm³/mol. The zero-order valence-corrected chi connectivity index (χ0v) is 13.3. The maximum absolute atomic E-state index is 13.2. The molecule has 122 valence electrons. The zero-order chi connectivity index (χ0) is 17.7. The molecule has 0 aliphatic rings. The molecule has 1 atom stereocenters. The van der Waals surface area contributed by atoms with Crippen molar-refractivity contribution in [2.75, 3.05) is 5.32 Å². The van der Waals surface area contributed by atoms with Crippen LogP contribution in [0.4, 0.5) is 10.1 Å². The quantitative estimate of drug-likeness (QED) is 0.851. The molecule has 1 unspecified atom stereocenters. The molecular weight excluding hydrogens is 309 g/mol. The highest BCUT2D eigenvalue weighted by atomic mass is 19.1. The van der Waals surface area contributed by atoms with Crippen LogP contribution in [0.2, 0.25) is 0 Å². The lowest BCUT2D eigenvalue weighted by atomic mass is 10.0. The van der Waals surface area contributed by atoms with Gasteiger partial charge in [-0.2, -0.15) is 5.26 Å². The van der Waals surface area contributed by atoms with E-state index >= 15 is 0 Å². The van der Waals surface area contributed by atoms with Crippen molar-refractivity contribution in [2.45, 2.75) is 19.9 Å². The molecule has 2 aromatic carbocycles. The summed E-state index contributed by atoms with van der Waals surface area (Å²) in [6, 6.07) is 12.4. The molecule has 0 aliphatic heterocycles. The minimum Gasteiger partial charge on any atom is -0.341 e. The van der Waals surface area contributed by atoms with Gasteiger partial charge in [0.05, 0.1) is 11.6 Å². The van der Waals surface area contributed by atoms with Gasteiger partial charge in [0.15, 0.2) is 0 Å². The van der Waals surface area contributed by atoms with Crippen LogP contribution in [0.1, 0.15) is 29.7 Å². The van der Waals surface area contributed by atoms with E-state index in [1.165, 1.54) is 12.1 Å². The van der Waals surface area contributed by atoms with Crippen molar-refractivity contribution in [3.05, 3.63) is 65.0 Å². The van der Waals surface area contributed by atoms with Gasteiger partial charge < -0.3 is 10.6 Å². The van der Waals surface area contributed by atoms with Gasteiger partial charge in [0.25, 0.3) is 0 Å². The normalized spacial score (nSPS) is 11.2. The first-order chi connectivity index (χ1) is 11.4. The van der Waals surface area contributed by atoms with Crippen LogP contribution in [-0.4, -0.2) is 11.8 Å². The summed E-state index contributed by atoms with van der Waals surface area (Å²) in [5, 5.41) is 13.7. The van der Waals surface area contributed by atoms with Crippen LogP contribution >= 0.6 is 0 Å². The summed E-state index contributed by atoms with van der Waals surface area (Å²) in [5.74, 6) is -2.38. The van der Waals surface area contributed by atoms with E-state index in [1.54, 1.807) is 13.0 Å². The Hall–Kier alpha value is -3.20. The molecule has 2 rings (SSSR count). The fraction of sp³-hybridized carbons (Fsp3) is 0.167. The Morgan fingerprint density at radius 1 is 1.17 bits per heavy atom. The van der Waals surface area contributed by atoms with Gasteiger partial charge in [-0.05, 0) is 43.2 Å². The number of hydrogen-bond donors (Lipinski definition) is 2. The lowest BCUT2D eigenvalue weighted by Crippen LogP contribution is -2.37. The van der Waals surface area contributed by atoms with Crippen LogP contribution in [0.15, 0.2) is 42.5 Å². The number of amides is 2. The van der Waals surface area contributed by atoms with E-state index in [-0.39, 0.29) is 17.3 Å². The smallest absolute Gasteiger partial charge is 0.313 e. The molecule has 0 bridgehead atoms. The van der Waals surface area contributed by atoms with E-state index < -0.39 is 17.6 Å². The van der Waals surface area contributed by atoms with Gasteiger partial charge in [-0.1, -0.05) is 24.3 Å². The first-order valence-corrected chi connectivity index (χ1v) is 7.29. The monoisotopic (exact) mass is 325 g/mol. The van der Waals surface area contributed by atoms with Gasteiger partial charge in [-0.3, -0.25) is 9.59 Å². The molecule has 0 spiro atoms. The Bertz CT molecular complexity index is 827.